The summed E-state index contributed by atoms with van der Waals surface area (Å²) in [7, 11) is 0. The van der Waals surface area contributed by atoms with Crippen LogP contribution in [0.4, 0.5) is 23.0 Å². The first-order chi connectivity index (χ1) is 16.0. The van der Waals surface area contributed by atoms with Crippen molar-refractivity contribution in [3.05, 3.63) is 60.8 Å². The van der Waals surface area contributed by atoms with Crippen molar-refractivity contribution in [3.63, 3.8) is 0 Å². The molecular formula is C24H28N6O3. The molecule has 1 fully saturated rings. The average molecular weight is 449 g/mol. The maximum Gasteiger partial charge on any atom is 0.243 e. The summed E-state index contributed by atoms with van der Waals surface area (Å²) in [4.78, 5) is 23.2. The fourth-order valence-corrected chi connectivity index (χ4v) is 3.45. The number of carbonyl (C=O) groups excluding carboxylic acids is 1. The van der Waals surface area contributed by atoms with Gasteiger partial charge in [0.2, 0.25) is 11.9 Å². The number of morpholine rings is 1. The molecule has 1 unspecified atom stereocenters. The van der Waals surface area contributed by atoms with E-state index in [1.54, 1.807) is 18.3 Å². The Kier molecular flexibility index (Phi) is 7.13. The molecule has 1 aliphatic heterocycles. The number of anilines is 4. The molecule has 2 heterocycles. The summed E-state index contributed by atoms with van der Waals surface area (Å²) in [6, 6.07) is 16.3. The fraction of sp³-hybridized carbons (Fsp3) is 0.292. The number of nitrogens with zero attached hydrogens (tertiary/aromatic N) is 3. The van der Waals surface area contributed by atoms with Crippen molar-refractivity contribution >= 4 is 28.9 Å². The molecule has 1 aliphatic rings. The highest BCUT2D eigenvalue weighted by atomic mass is 16.5. The summed E-state index contributed by atoms with van der Waals surface area (Å²) in [5, 5.41) is 15.4. The number of aromatic nitrogens is 2. The van der Waals surface area contributed by atoms with Crippen LogP contribution in [0.5, 0.6) is 0 Å². The first-order valence-electron chi connectivity index (χ1n) is 10.9. The molecule has 2 aromatic carbocycles. The van der Waals surface area contributed by atoms with Gasteiger partial charge in [0.15, 0.2) is 0 Å². The van der Waals surface area contributed by atoms with Crippen LogP contribution in [0, 0.1) is 0 Å². The molecule has 0 radical (unpaired) electrons. The molecule has 2 atom stereocenters. The van der Waals surface area contributed by atoms with Crippen LogP contribution < -0.4 is 21.3 Å². The lowest BCUT2D eigenvalue weighted by Crippen LogP contribution is -2.43. The lowest BCUT2D eigenvalue weighted by atomic mass is 10.1. The molecule has 4 rings (SSSR count). The van der Waals surface area contributed by atoms with Crippen LogP contribution in [0.25, 0.3) is 11.3 Å². The number of hydrogen-bond donors (Lipinski definition) is 4. The number of nitrogens with one attached hydrogen (secondary N) is 2. The summed E-state index contributed by atoms with van der Waals surface area (Å²) in [5.41, 5.74) is 9.94. The minimum atomic E-state index is -0.983. The highest BCUT2D eigenvalue weighted by molar-refractivity contribution is 5.95. The first kappa shape index (κ1) is 22.7. The van der Waals surface area contributed by atoms with Crippen LogP contribution in [0.15, 0.2) is 60.8 Å². The predicted octanol–water partition coefficient (Wildman–Crippen LogP) is 2.37. The Balaban J connectivity index is 1.41. The van der Waals surface area contributed by atoms with Gasteiger partial charge in [0.25, 0.3) is 0 Å². The van der Waals surface area contributed by atoms with Crippen LogP contribution in [0.2, 0.25) is 0 Å². The maximum absolute atomic E-state index is 12.0. The summed E-state index contributed by atoms with van der Waals surface area (Å²) < 4.78 is 5.41. The quantitative estimate of drug-likeness (QED) is 0.434. The zero-order valence-electron chi connectivity index (χ0n) is 18.4. The largest absolute Gasteiger partial charge is 0.391 e. The number of nitrogens with two attached hydrogens (primary N) is 1. The number of benzene rings is 2. The third kappa shape index (κ3) is 5.83. The second-order valence-corrected chi connectivity index (χ2v) is 7.87. The molecule has 5 N–H and O–H groups in total. The van der Waals surface area contributed by atoms with Gasteiger partial charge in [-0.15, -0.1) is 0 Å². The topological polar surface area (TPSA) is 126 Å². The molecule has 9 heteroatoms. The van der Waals surface area contributed by atoms with E-state index >= 15 is 0 Å². The average Bonchev–Trinajstić information content (AvgIpc) is 2.85. The van der Waals surface area contributed by atoms with Crippen molar-refractivity contribution in [2.24, 2.45) is 5.73 Å². The Hall–Kier alpha value is -3.53. The van der Waals surface area contributed by atoms with Crippen molar-refractivity contribution in [1.82, 2.24) is 9.97 Å². The molecular weight excluding hydrogens is 420 g/mol. The van der Waals surface area contributed by atoms with Crippen LogP contribution in [0.3, 0.4) is 0 Å². The monoisotopic (exact) mass is 448 g/mol. The van der Waals surface area contributed by atoms with E-state index in [1.165, 1.54) is 12.6 Å². The van der Waals surface area contributed by atoms with Crippen LogP contribution in [-0.2, 0) is 9.53 Å². The van der Waals surface area contributed by atoms with Crippen molar-refractivity contribution in [2.75, 3.05) is 41.8 Å². The van der Waals surface area contributed by atoms with Crippen molar-refractivity contribution in [3.8, 4) is 11.3 Å². The molecule has 9 nitrogen and oxygen atoms in total. The Morgan fingerprint density at radius 3 is 2.39 bits per heavy atom. The Morgan fingerprint density at radius 2 is 1.73 bits per heavy atom. The number of aliphatic hydroxyl groups is 1. The molecule has 3 aromatic rings. The third-order valence-corrected chi connectivity index (χ3v) is 5.43. The second kappa shape index (κ2) is 10.4. The van der Waals surface area contributed by atoms with E-state index in [0.717, 1.165) is 43.2 Å². The number of rotatable bonds is 7. The molecule has 172 valence electrons. The fourth-order valence-electron chi connectivity index (χ4n) is 3.45. The Labute approximate surface area is 192 Å². The standard InChI is InChI=1S/C24H28N6O3/c1-16(31)22(25)23(32)27-18-4-2-17(3-5-18)21-10-11-26-24(29-21)28-19-6-8-20(9-7-19)30-12-14-33-15-13-30/h2-11,16,22,31H,12-15,25H2,1H3,(H,27,32)(H,26,28,29)/t16?,22-/m1/s1. The molecule has 0 spiro atoms. The number of hydrogen-bond acceptors (Lipinski definition) is 8. The molecule has 1 amide bonds. The minimum absolute atomic E-state index is 0.439. The van der Waals surface area contributed by atoms with Gasteiger partial charge in [-0.3, -0.25) is 4.79 Å². The van der Waals surface area contributed by atoms with E-state index in [-0.39, 0.29) is 0 Å². The zero-order chi connectivity index (χ0) is 23.2. The second-order valence-electron chi connectivity index (χ2n) is 7.87. The first-order valence-corrected chi connectivity index (χ1v) is 10.9. The summed E-state index contributed by atoms with van der Waals surface area (Å²) >= 11 is 0. The van der Waals surface area contributed by atoms with E-state index < -0.39 is 18.1 Å². The predicted molar refractivity (Wildman–Crippen MR) is 129 cm³/mol. The zero-order valence-corrected chi connectivity index (χ0v) is 18.4. The van der Waals surface area contributed by atoms with Gasteiger partial charge in [-0.25, -0.2) is 9.97 Å². The van der Waals surface area contributed by atoms with Crippen LogP contribution >= 0.6 is 0 Å². The van der Waals surface area contributed by atoms with E-state index in [1.807, 2.05) is 30.3 Å². The number of aliphatic hydroxyl groups excluding tert-OH is 1. The smallest absolute Gasteiger partial charge is 0.243 e. The molecule has 1 saturated heterocycles. The summed E-state index contributed by atoms with van der Waals surface area (Å²) in [6.07, 6.45) is 0.774. The molecule has 0 aliphatic carbocycles. The van der Waals surface area contributed by atoms with Crippen molar-refractivity contribution < 1.29 is 14.6 Å². The normalized spacial score (nSPS) is 15.5. The molecule has 0 saturated carbocycles. The molecule has 0 bridgehead atoms. The van der Waals surface area contributed by atoms with E-state index in [2.05, 4.69) is 37.6 Å². The van der Waals surface area contributed by atoms with Crippen LogP contribution in [-0.4, -0.2) is 59.4 Å². The number of carbonyl (C=O) groups is 1. The van der Waals surface area contributed by atoms with Gasteiger partial charge in [-0.2, -0.15) is 0 Å². The third-order valence-electron chi connectivity index (χ3n) is 5.43. The van der Waals surface area contributed by atoms with Gasteiger partial charge in [0.1, 0.15) is 6.04 Å². The minimum Gasteiger partial charge on any atom is -0.391 e. The SMILES string of the molecule is CC(O)[C@@H](N)C(=O)Nc1ccc(-c2ccnc(Nc3ccc(N4CCOCC4)cc3)n2)cc1. The lowest BCUT2D eigenvalue weighted by Gasteiger charge is -2.28. The van der Waals surface area contributed by atoms with Gasteiger partial charge < -0.3 is 31.1 Å². The molecule has 33 heavy (non-hydrogen) atoms. The van der Waals surface area contributed by atoms with Gasteiger partial charge >= 0.3 is 0 Å². The van der Waals surface area contributed by atoms with Crippen molar-refractivity contribution in [2.45, 2.75) is 19.1 Å². The highest BCUT2D eigenvalue weighted by Gasteiger charge is 2.18. The van der Waals surface area contributed by atoms with Gasteiger partial charge in [-0.05, 0) is 49.4 Å². The highest BCUT2D eigenvalue weighted by Crippen LogP contribution is 2.23. The summed E-state index contributed by atoms with van der Waals surface area (Å²) in [6.45, 7) is 4.78. The molecule has 1 aromatic heterocycles. The summed E-state index contributed by atoms with van der Waals surface area (Å²) in [5.74, 6) is 0.0535. The number of amides is 1. The number of ether oxygens (including phenoxy) is 1. The van der Waals surface area contributed by atoms with Gasteiger partial charge in [0, 0.05) is 41.9 Å². The van der Waals surface area contributed by atoms with E-state index in [0.29, 0.717) is 11.6 Å². The Bertz CT molecular complexity index is 1070. The maximum atomic E-state index is 12.0. The van der Waals surface area contributed by atoms with Crippen LogP contribution in [0.1, 0.15) is 6.92 Å². The van der Waals surface area contributed by atoms with Gasteiger partial charge in [-0.1, -0.05) is 12.1 Å². The Morgan fingerprint density at radius 1 is 1.06 bits per heavy atom. The van der Waals surface area contributed by atoms with E-state index in [9.17, 15) is 9.90 Å². The van der Waals surface area contributed by atoms with Crippen molar-refractivity contribution in [1.29, 1.82) is 0 Å². The lowest BCUT2D eigenvalue weighted by molar-refractivity contribution is -0.119. The van der Waals surface area contributed by atoms with Gasteiger partial charge in [0.05, 0.1) is 25.0 Å². The van der Waals surface area contributed by atoms with E-state index in [4.69, 9.17) is 10.5 Å².